The average Bonchev–Trinajstić information content (AvgIpc) is 2.48. The van der Waals surface area contributed by atoms with Gasteiger partial charge in [-0.2, -0.15) is 13.2 Å². The van der Waals surface area contributed by atoms with Crippen LogP contribution in [0, 0.1) is 0 Å². The third-order valence-electron chi connectivity index (χ3n) is 4.01. The highest BCUT2D eigenvalue weighted by Crippen LogP contribution is 2.29. The maximum atomic E-state index is 12.6. The van der Waals surface area contributed by atoms with E-state index in [-0.39, 0.29) is 0 Å². The van der Waals surface area contributed by atoms with Gasteiger partial charge in [0.15, 0.2) is 0 Å². The third-order valence-corrected chi connectivity index (χ3v) is 4.01. The Morgan fingerprint density at radius 3 is 2.55 bits per heavy atom. The minimum atomic E-state index is -4.27. The molecule has 22 heavy (non-hydrogen) atoms. The first kappa shape index (κ1) is 17.2. The minimum absolute atomic E-state index is 0.479. The number of nitrogens with zero attached hydrogens (tertiary/aromatic N) is 2. The van der Waals surface area contributed by atoms with E-state index >= 15 is 0 Å². The summed E-state index contributed by atoms with van der Waals surface area (Å²) in [6.45, 7) is 6.77. The van der Waals surface area contributed by atoms with E-state index in [4.69, 9.17) is 0 Å². The molecule has 1 aliphatic rings. The number of alkyl halides is 3. The highest BCUT2D eigenvalue weighted by Gasteiger charge is 2.30. The van der Waals surface area contributed by atoms with E-state index in [1.54, 1.807) is 6.07 Å². The monoisotopic (exact) mass is 315 g/mol. The van der Waals surface area contributed by atoms with E-state index in [1.807, 2.05) is 0 Å². The maximum absolute atomic E-state index is 12.6. The summed E-state index contributed by atoms with van der Waals surface area (Å²) in [6, 6.07) is 5.51. The van der Waals surface area contributed by atoms with Gasteiger partial charge in [-0.1, -0.05) is 18.2 Å². The molecule has 6 heteroatoms. The van der Waals surface area contributed by atoms with Crippen molar-refractivity contribution >= 4 is 0 Å². The highest BCUT2D eigenvalue weighted by atomic mass is 19.4. The van der Waals surface area contributed by atoms with Crippen molar-refractivity contribution in [3.8, 4) is 0 Å². The molecule has 0 radical (unpaired) electrons. The zero-order valence-corrected chi connectivity index (χ0v) is 13.0. The summed E-state index contributed by atoms with van der Waals surface area (Å²) in [6.07, 6.45) is -3.25. The Morgan fingerprint density at radius 2 is 1.86 bits per heavy atom. The van der Waals surface area contributed by atoms with Crippen LogP contribution in [0.2, 0.25) is 0 Å². The molecule has 0 aromatic heterocycles. The Morgan fingerprint density at radius 1 is 1.14 bits per heavy atom. The smallest absolute Gasteiger partial charge is 0.313 e. The predicted octanol–water partition coefficient (Wildman–Crippen LogP) is 2.43. The number of nitrogens with one attached hydrogen (secondary N) is 1. The first-order valence-electron chi connectivity index (χ1n) is 7.73. The van der Waals surface area contributed by atoms with Crippen LogP contribution in [0.25, 0.3) is 0 Å². The van der Waals surface area contributed by atoms with Crippen molar-refractivity contribution in [2.45, 2.75) is 19.1 Å². The second kappa shape index (κ2) is 7.94. The van der Waals surface area contributed by atoms with Crippen molar-refractivity contribution in [1.29, 1.82) is 0 Å². The van der Waals surface area contributed by atoms with Gasteiger partial charge < -0.3 is 15.1 Å². The molecule has 0 unspecified atom stereocenters. The normalized spacial score (nSPS) is 17.8. The number of benzene rings is 1. The van der Waals surface area contributed by atoms with Crippen LogP contribution in [0.1, 0.15) is 17.5 Å². The lowest BCUT2D eigenvalue weighted by Crippen LogP contribution is -2.45. The second-order valence-electron chi connectivity index (χ2n) is 5.87. The molecule has 0 spiro atoms. The Balaban J connectivity index is 1.64. The molecule has 0 atom stereocenters. The second-order valence-corrected chi connectivity index (χ2v) is 5.87. The molecule has 1 fully saturated rings. The van der Waals surface area contributed by atoms with Crippen LogP contribution >= 0.6 is 0 Å². The summed E-state index contributed by atoms with van der Waals surface area (Å²) >= 11 is 0. The standard InChI is InChI=1S/C16H24F3N3/c1-21-8-10-22(11-9-21)7-3-6-20-13-14-4-2-5-15(12-14)16(17,18)19/h2,4-5,12,20H,3,6-11,13H2,1H3. The van der Waals surface area contributed by atoms with Crippen molar-refractivity contribution < 1.29 is 13.2 Å². The van der Waals surface area contributed by atoms with Crippen molar-refractivity contribution in [2.75, 3.05) is 46.3 Å². The van der Waals surface area contributed by atoms with Gasteiger partial charge in [0.2, 0.25) is 0 Å². The van der Waals surface area contributed by atoms with E-state index in [0.29, 0.717) is 12.1 Å². The van der Waals surface area contributed by atoms with Gasteiger partial charge >= 0.3 is 6.18 Å². The molecular formula is C16H24F3N3. The summed E-state index contributed by atoms with van der Waals surface area (Å²) in [4.78, 5) is 4.76. The minimum Gasteiger partial charge on any atom is -0.313 e. The predicted molar refractivity (Wildman–Crippen MR) is 81.7 cm³/mol. The first-order chi connectivity index (χ1) is 10.4. The number of hydrogen-bond donors (Lipinski definition) is 1. The van der Waals surface area contributed by atoms with Crippen LogP contribution in [0.4, 0.5) is 13.2 Å². The van der Waals surface area contributed by atoms with Gasteiger partial charge in [-0.3, -0.25) is 0 Å². The van der Waals surface area contributed by atoms with Crippen LogP contribution in [0.15, 0.2) is 24.3 Å². The number of piperazine rings is 1. The summed E-state index contributed by atoms with van der Waals surface area (Å²) in [5.41, 5.74) is 0.0960. The number of likely N-dealkylation sites (N-methyl/N-ethyl adjacent to an activating group) is 1. The Labute approximate surface area is 130 Å². The van der Waals surface area contributed by atoms with E-state index in [9.17, 15) is 13.2 Å². The van der Waals surface area contributed by atoms with Gasteiger partial charge in [-0.05, 0) is 38.2 Å². The van der Waals surface area contributed by atoms with Crippen LogP contribution in [0.3, 0.4) is 0 Å². The quantitative estimate of drug-likeness (QED) is 0.814. The zero-order chi connectivity index (χ0) is 16.0. The molecule has 0 amide bonds. The van der Waals surface area contributed by atoms with Gasteiger partial charge in [-0.25, -0.2) is 0 Å². The van der Waals surface area contributed by atoms with Gasteiger partial charge in [0.25, 0.3) is 0 Å². The molecule has 0 aliphatic carbocycles. The van der Waals surface area contributed by atoms with Crippen molar-refractivity contribution in [2.24, 2.45) is 0 Å². The fourth-order valence-electron chi connectivity index (χ4n) is 2.59. The van der Waals surface area contributed by atoms with Crippen molar-refractivity contribution in [3.05, 3.63) is 35.4 Å². The molecule has 1 aromatic carbocycles. The van der Waals surface area contributed by atoms with E-state index in [2.05, 4.69) is 22.2 Å². The zero-order valence-electron chi connectivity index (χ0n) is 13.0. The van der Waals surface area contributed by atoms with Crippen molar-refractivity contribution in [3.63, 3.8) is 0 Å². The Kier molecular flexibility index (Phi) is 6.23. The van der Waals surface area contributed by atoms with Crippen LogP contribution in [0.5, 0.6) is 0 Å². The average molecular weight is 315 g/mol. The molecule has 124 valence electrons. The lowest BCUT2D eigenvalue weighted by molar-refractivity contribution is -0.137. The third kappa shape index (κ3) is 5.59. The molecule has 1 heterocycles. The highest BCUT2D eigenvalue weighted by molar-refractivity contribution is 5.25. The topological polar surface area (TPSA) is 18.5 Å². The lowest BCUT2D eigenvalue weighted by atomic mass is 10.1. The molecule has 2 rings (SSSR count). The summed E-state index contributed by atoms with van der Waals surface area (Å²) in [5, 5.41) is 3.22. The van der Waals surface area contributed by atoms with Gasteiger partial charge in [0.05, 0.1) is 5.56 Å². The number of halogens is 3. The molecule has 0 saturated carbocycles. The van der Waals surface area contributed by atoms with E-state index < -0.39 is 11.7 Å². The summed E-state index contributed by atoms with van der Waals surface area (Å²) < 4.78 is 37.8. The van der Waals surface area contributed by atoms with Gasteiger partial charge in [0.1, 0.15) is 0 Å². The maximum Gasteiger partial charge on any atom is 0.416 e. The largest absolute Gasteiger partial charge is 0.416 e. The molecule has 1 aliphatic heterocycles. The lowest BCUT2D eigenvalue weighted by Gasteiger charge is -2.32. The summed E-state index contributed by atoms with van der Waals surface area (Å²) in [5.74, 6) is 0. The molecule has 3 nitrogen and oxygen atoms in total. The number of rotatable bonds is 6. The first-order valence-corrected chi connectivity index (χ1v) is 7.73. The van der Waals surface area contributed by atoms with Crippen LogP contribution in [-0.2, 0) is 12.7 Å². The Hall–Kier alpha value is -1.11. The van der Waals surface area contributed by atoms with E-state index in [0.717, 1.165) is 51.8 Å². The van der Waals surface area contributed by atoms with Crippen molar-refractivity contribution in [1.82, 2.24) is 15.1 Å². The van der Waals surface area contributed by atoms with Crippen LogP contribution in [-0.4, -0.2) is 56.1 Å². The van der Waals surface area contributed by atoms with Crippen LogP contribution < -0.4 is 5.32 Å². The Bertz CT molecular complexity index is 454. The number of hydrogen-bond acceptors (Lipinski definition) is 3. The fraction of sp³-hybridized carbons (Fsp3) is 0.625. The molecule has 1 aromatic rings. The van der Waals surface area contributed by atoms with Gasteiger partial charge in [-0.15, -0.1) is 0 Å². The van der Waals surface area contributed by atoms with Gasteiger partial charge in [0, 0.05) is 32.7 Å². The van der Waals surface area contributed by atoms with E-state index in [1.165, 1.54) is 12.1 Å². The fourth-order valence-corrected chi connectivity index (χ4v) is 2.59. The SMILES string of the molecule is CN1CCN(CCCNCc2cccc(C(F)(F)F)c2)CC1. The summed E-state index contributed by atoms with van der Waals surface area (Å²) in [7, 11) is 2.13. The molecule has 1 saturated heterocycles. The molecule has 0 bridgehead atoms. The molecular weight excluding hydrogens is 291 g/mol. The molecule has 1 N–H and O–H groups in total.